The molecule has 1 aliphatic heterocycles. The van der Waals surface area contributed by atoms with Crippen LogP contribution in [-0.4, -0.2) is 29.3 Å². The Morgan fingerprint density at radius 3 is 2.26 bits per heavy atom. The van der Waals surface area contributed by atoms with Crippen LogP contribution in [0.15, 0.2) is 48.0 Å². The van der Waals surface area contributed by atoms with Crippen LogP contribution in [0.3, 0.4) is 0 Å². The first-order chi connectivity index (χ1) is 16.4. The van der Waals surface area contributed by atoms with Crippen molar-refractivity contribution in [2.45, 2.75) is 51.4 Å². The van der Waals surface area contributed by atoms with Gasteiger partial charge >= 0.3 is 11.9 Å². The number of ether oxygens (including phenoxy) is 4. The number of non-ortho nitro benzene ring substituents is 1. The van der Waals surface area contributed by atoms with Gasteiger partial charge in [0.25, 0.3) is 11.5 Å². The highest BCUT2D eigenvalue weighted by Gasteiger charge is 2.46. The van der Waals surface area contributed by atoms with Crippen molar-refractivity contribution >= 4 is 23.7 Å². The number of nitro benzene ring substituents is 1. The number of carbonyl (C=O) groups excluding carboxylic acids is 2. The number of nitrogens with zero attached hydrogens (tertiary/aromatic N) is 1. The van der Waals surface area contributed by atoms with Crippen LogP contribution in [0, 0.1) is 10.1 Å². The maximum atomic E-state index is 12.6. The molecule has 1 saturated carbocycles. The van der Waals surface area contributed by atoms with Crippen LogP contribution < -0.4 is 9.47 Å². The van der Waals surface area contributed by atoms with Gasteiger partial charge < -0.3 is 18.9 Å². The minimum atomic E-state index is -1.13. The van der Waals surface area contributed by atoms with E-state index in [2.05, 4.69) is 0 Å². The number of carbonyl (C=O) groups is 2. The van der Waals surface area contributed by atoms with E-state index < -0.39 is 22.6 Å². The molecule has 0 bridgehead atoms. The zero-order chi connectivity index (χ0) is 24.1. The van der Waals surface area contributed by atoms with Crippen LogP contribution in [-0.2, 0) is 25.7 Å². The molecule has 9 nitrogen and oxygen atoms in total. The highest BCUT2D eigenvalue weighted by atomic mass is 16.7. The standard InChI is InChI=1S/C25H25NO8/c1-2-31-22-15-18(8-11-21(22)32-16-17-6-9-19(10-7-17)26(29)30)14-20-23(27)33-25(34-24(20)28)12-4-3-5-13-25/h6-11,14-15H,2-5,12-13,16H2,1H3. The van der Waals surface area contributed by atoms with E-state index in [0.29, 0.717) is 36.5 Å². The Morgan fingerprint density at radius 2 is 1.65 bits per heavy atom. The number of nitro groups is 1. The Labute approximate surface area is 196 Å². The minimum Gasteiger partial charge on any atom is -0.490 e. The van der Waals surface area contributed by atoms with Gasteiger partial charge in [0.15, 0.2) is 11.5 Å². The molecule has 2 fully saturated rings. The third kappa shape index (κ3) is 5.19. The first-order valence-electron chi connectivity index (χ1n) is 11.2. The lowest BCUT2D eigenvalue weighted by molar-refractivity contribution is -0.384. The monoisotopic (exact) mass is 467 g/mol. The third-order valence-electron chi connectivity index (χ3n) is 5.73. The maximum absolute atomic E-state index is 12.6. The molecule has 34 heavy (non-hydrogen) atoms. The molecular formula is C25H25NO8. The summed E-state index contributed by atoms with van der Waals surface area (Å²) in [6.45, 7) is 2.38. The average molecular weight is 467 g/mol. The summed E-state index contributed by atoms with van der Waals surface area (Å²) in [4.78, 5) is 35.5. The summed E-state index contributed by atoms with van der Waals surface area (Å²) in [6.07, 6.45) is 5.18. The van der Waals surface area contributed by atoms with Gasteiger partial charge in [-0.2, -0.15) is 0 Å². The van der Waals surface area contributed by atoms with Crippen molar-refractivity contribution in [1.82, 2.24) is 0 Å². The number of hydrogen-bond donors (Lipinski definition) is 0. The van der Waals surface area contributed by atoms with E-state index >= 15 is 0 Å². The lowest BCUT2D eigenvalue weighted by atomic mass is 9.93. The van der Waals surface area contributed by atoms with E-state index in [9.17, 15) is 19.7 Å². The zero-order valence-electron chi connectivity index (χ0n) is 18.8. The summed E-state index contributed by atoms with van der Waals surface area (Å²) in [5, 5.41) is 10.8. The van der Waals surface area contributed by atoms with Crippen molar-refractivity contribution in [1.29, 1.82) is 0 Å². The van der Waals surface area contributed by atoms with Gasteiger partial charge in [0.1, 0.15) is 12.2 Å². The number of rotatable bonds is 7. The van der Waals surface area contributed by atoms with Crippen molar-refractivity contribution in [3.63, 3.8) is 0 Å². The van der Waals surface area contributed by atoms with Crippen molar-refractivity contribution in [2.24, 2.45) is 0 Å². The first-order valence-corrected chi connectivity index (χ1v) is 11.2. The minimum absolute atomic E-state index is 0.00493. The van der Waals surface area contributed by atoms with E-state index in [1.807, 2.05) is 6.92 Å². The van der Waals surface area contributed by atoms with Crippen molar-refractivity contribution in [3.05, 3.63) is 69.3 Å². The van der Waals surface area contributed by atoms with Gasteiger partial charge in [0, 0.05) is 25.0 Å². The van der Waals surface area contributed by atoms with Crippen molar-refractivity contribution < 1.29 is 33.5 Å². The molecule has 178 valence electrons. The number of benzene rings is 2. The van der Waals surface area contributed by atoms with E-state index in [-0.39, 0.29) is 17.9 Å². The van der Waals surface area contributed by atoms with Crippen LogP contribution in [0.25, 0.3) is 6.08 Å². The first kappa shape index (κ1) is 23.3. The summed E-state index contributed by atoms with van der Waals surface area (Å²) < 4.78 is 22.6. The summed E-state index contributed by atoms with van der Waals surface area (Å²) in [7, 11) is 0. The van der Waals surface area contributed by atoms with Gasteiger partial charge in [-0.3, -0.25) is 10.1 Å². The fourth-order valence-electron chi connectivity index (χ4n) is 4.01. The Kier molecular flexibility index (Phi) is 6.81. The molecule has 0 radical (unpaired) electrons. The molecule has 1 aliphatic carbocycles. The van der Waals surface area contributed by atoms with Crippen LogP contribution >= 0.6 is 0 Å². The smallest absolute Gasteiger partial charge is 0.348 e. The van der Waals surface area contributed by atoms with E-state index in [0.717, 1.165) is 24.8 Å². The Morgan fingerprint density at radius 1 is 0.971 bits per heavy atom. The molecule has 9 heteroatoms. The summed E-state index contributed by atoms with van der Waals surface area (Å²) >= 11 is 0. The summed E-state index contributed by atoms with van der Waals surface area (Å²) in [6, 6.07) is 11.1. The topological polar surface area (TPSA) is 114 Å². The predicted molar refractivity (Wildman–Crippen MR) is 121 cm³/mol. The normalized spacial score (nSPS) is 17.0. The summed E-state index contributed by atoms with van der Waals surface area (Å²) in [5.41, 5.74) is 1.14. The van der Waals surface area contributed by atoms with E-state index in [1.165, 1.54) is 18.2 Å². The molecule has 4 rings (SSSR count). The molecule has 1 saturated heterocycles. The average Bonchev–Trinajstić information content (AvgIpc) is 2.82. The molecular weight excluding hydrogens is 442 g/mol. The molecule has 0 unspecified atom stereocenters. The van der Waals surface area contributed by atoms with E-state index in [1.54, 1.807) is 30.3 Å². The van der Waals surface area contributed by atoms with Crippen molar-refractivity contribution in [3.8, 4) is 11.5 Å². The van der Waals surface area contributed by atoms with E-state index in [4.69, 9.17) is 18.9 Å². The highest BCUT2D eigenvalue weighted by molar-refractivity contribution is 6.18. The van der Waals surface area contributed by atoms with Crippen molar-refractivity contribution in [2.75, 3.05) is 6.61 Å². The molecule has 1 spiro atoms. The molecule has 0 amide bonds. The second-order valence-corrected chi connectivity index (χ2v) is 8.16. The van der Waals surface area contributed by atoms with Gasteiger partial charge in [0.2, 0.25) is 0 Å². The number of esters is 2. The quantitative estimate of drug-likeness (QED) is 0.189. The second-order valence-electron chi connectivity index (χ2n) is 8.16. The lowest BCUT2D eigenvalue weighted by Gasteiger charge is -2.38. The lowest BCUT2D eigenvalue weighted by Crippen LogP contribution is -2.47. The van der Waals surface area contributed by atoms with Gasteiger partial charge in [-0.25, -0.2) is 9.59 Å². The Balaban J connectivity index is 1.49. The fourth-order valence-corrected chi connectivity index (χ4v) is 4.01. The van der Waals surface area contributed by atoms with Crippen LogP contribution in [0.5, 0.6) is 11.5 Å². The second kappa shape index (κ2) is 9.94. The molecule has 1 heterocycles. The molecule has 2 aromatic carbocycles. The largest absolute Gasteiger partial charge is 0.490 e. The molecule has 2 aliphatic rings. The molecule has 2 aromatic rings. The molecule has 0 N–H and O–H groups in total. The van der Waals surface area contributed by atoms with Crippen LogP contribution in [0.2, 0.25) is 0 Å². The summed E-state index contributed by atoms with van der Waals surface area (Å²) in [5.74, 6) is -1.61. The van der Waals surface area contributed by atoms with Crippen LogP contribution in [0.1, 0.15) is 50.2 Å². The predicted octanol–water partition coefficient (Wildman–Crippen LogP) is 4.72. The van der Waals surface area contributed by atoms with Gasteiger partial charge in [-0.05, 0) is 61.2 Å². The van der Waals surface area contributed by atoms with Crippen LogP contribution in [0.4, 0.5) is 5.69 Å². The third-order valence-corrected chi connectivity index (χ3v) is 5.73. The van der Waals surface area contributed by atoms with Gasteiger partial charge in [-0.15, -0.1) is 0 Å². The fraction of sp³-hybridized carbons (Fsp3) is 0.360. The molecule has 0 atom stereocenters. The number of hydrogen-bond acceptors (Lipinski definition) is 8. The molecule has 0 aromatic heterocycles. The SMILES string of the molecule is CCOc1cc(C=C2C(=O)OC3(CCCCC3)OC2=O)ccc1OCc1ccc([N+](=O)[O-])cc1. The zero-order valence-corrected chi connectivity index (χ0v) is 18.8. The highest BCUT2D eigenvalue weighted by Crippen LogP contribution is 2.38. The Bertz CT molecular complexity index is 1090. The van der Waals surface area contributed by atoms with Gasteiger partial charge in [0.05, 0.1) is 11.5 Å². The maximum Gasteiger partial charge on any atom is 0.348 e. The Hall–Kier alpha value is -3.88. The van der Waals surface area contributed by atoms with Gasteiger partial charge in [-0.1, -0.05) is 12.5 Å².